The molecule has 0 spiro atoms. The summed E-state index contributed by atoms with van der Waals surface area (Å²) >= 11 is 0. The van der Waals surface area contributed by atoms with Crippen molar-refractivity contribution >= 4 is 10.2 Å². The molecule has 0 aliphatic carbocycles. The van der Waals surface area contributed by atoms with Crippen molar-refractivity contribution in [2.45, 2.75) is 51.8 Å². The van der Waals surface area contributed by atoms with Crippen LogP contribution in [0.15, 0.2) is 0 Å². The first-order valence-electron chi connectivity index (χ1n) is 7.48. The second-order valence-electron chi connectivity index (χ2n) is 6.10. The third-order valence-corrected chi connectivity index (χ3v) is 6.60. The highest BCUT2D eigenvalue weighted by molar-refractivity contribution is 7.86. The predicted octanol–water partition coefficient (Wildman–Crippen LogP) is 0.400. The van der Waals surface area contributed by atoms with Gasteiger partial charge < -0.3 is 10.5 Å². The lowest BCUT2D eigenvalue weighted by Gasteiger charge is -2.44. The van der Waals surface area contributed by atoms with E-state index in [-0.39, 0.29) is 18.2 Å². The molecule has 2 heterocycles. The molecule has 20 heavy (non-hydrogen) atoms. The van der Waals surface area contributed by atoms with E-state index in [4.69, 9.17) is 10.5 Å². The number of nitrogens with zero attached hydrogens (tertiary/aromatic N) is 2. The van der Waals surface area contributed by atoms with Crippen LogP contribution in [0.4, 0.5) is 0 Å². The molecule has 0 radical (unpaired) electrons. The van der Waals surface area contributed by atoms with Crippen LogP contribution < -0.4 is 5.73 Å². The van der Waals surface area contributed by atoms with E-state index < -0.39 is 10.2 Å². The summed E-state index contributed by atoms with van der Waals surface area (Å²) in [6, 6.07) is -0.203. The normalized spacial score (nSPS) is 38.0. The van der Waals surface area contributed by atoms with E-state index in [0.29, 0.717) is 32.2 Å². The zero-order valence-electron chi connectivity index (χ0n) is 12.7. The zero-order valence-corrected chi connectivity index (χ0v) is 13.5. The Hall–Kier alpha value is -0.210. The van der Waals surface area contributed by atoms with Crippen molar-refractivity contribution in [3.63, 3.8) is 0 Å². The van der Waals surface area contributed by atoms with Gasteiger partial charge in [0.15, 0.2) is 0 Å². The monoisotopic (exact) mass is 305 g/mol. The highest BCUT2D eigenvalue weighted by Crippen LogP contribution is 2.28. The molecule has 4 atom stereocenters. The van der Waals surface area contributed by atoms with Gasteiger partial charge in [-0.15, -0.1) is 0 Å². The van der Waals surface area contributed by atoms with E-state index in [1.54, 1.807) is 8.61 Å². The van der Waals surface area contributed by atoms with Crippen molar-refractivity contribution in [3.05, 3.63) is 0 Å². The van der Waals surface area contributed by atoms with Crippen LogP contribution in [0.5, 0.6) is 0 Å². The molecule has 2 N–H and O–H groups in total. The number of nitrogens with two attached hydrogens (primary N) is 1. The number of piperidine rings is 1. The second kappa shape index (κ2) is 6.27. The Labute approximate surface area is 122 Å². The van der Waals surface area contributed by atoms with Gasteiger partial charge in [0, 0.05) is 31.7 Å². The molecule has 2 rings (SSSR count). The Balaban J connectivity index is 2.23. The Morgan fingerprint density at radius 2 is 1.95 bits per heavy atom. The topological polar surface area (TPSA) is 75.9 Å². The van der Waals surface area contributed by atoms with Crippen molar-refractivity contribution in [1.29, 1.82) is 0 Å². The summed E-state index contributed by atoms with van der Waals surface area (Å²) in [7, 11) is -3.45. The van der Waals surface area contributed by atoms with E-state index in [2.05, 4.69) is 6.92 Å². The van der Waals surface area contributed by atoms with Crippen molar-refractivity contribution in [2.24, 2.45) is 11.7 Å². The summed E-state index contributed by atoms with van der Waals surface area (Å²) in [5, 5.41) is 0. The van der Waals surface area contributed by atoms with Crippen LogP contribution in [-0.4, -0.2) is 61.5 Å². The number of hydrogen-bond donors (Lipinski definition) is 1. The first kappa shape index (κ1) is 16.2. The average Bonchev–Trinajstić information content (AvgIpc) is 2.41. The van der Waals surface area contributed by atoms with Crippen LogP contribution in [0.3, 0.4) is 0 Å². The molecule has 2 aliphatic rings. The van der Waals surface area contributed by atoms with Crippen LogP contribution >= 0.6 is 0 Å². The van der Waals surface area contributed by atoms with Gasteiger partial charge in [0.05, 0.1) is 12.7 Å². The zero-order chi connectivity index (χ0) is 14.9. The predicted molar refractivity (Wildman–Crippen MR) is 78.4 cm³/mol. The van der Waals surface area contributed by atoms with Gasteiger partial charge >= 0.3 is 0 Å². The highest BCUT2D eigenvalue weighted by atomic mass is 32.2. The molecular weight excluding hydrogens is 278 g/mol. The molecule has 2 fully saturated rings. The van der Waals surface area contributed by atoms with Gasteiger partial charge in [-0.05, 0) is 32.6 Å². The van der Waals surface area contributed by atoms with E-state index in [0.717, 1.165) is 12.8 Å². The maximum atomic E-state index is 13.0. The standard InChI is InChI=1S/C13H27N3O3S/c1-10-5-4-6-15(13(10)7-14)20(17,18)16-8-12(3)19-9-11(16)2/h10-13H,4-9,14H2,1-3H3. The largest absolute Gasteiger partial charge is 0.375 e. The molecule has 0 aromatic heterocycles. The second-order valence-corrected chi connectivity index (χ2v) is 7.94. The van der Waals surface area contributed by atoms with Crippen LogP contribution in [0.25, 0.3) is 0 Å². The van der Waals surface area contributed by atoms with Crippen LogP contribution in [0.2, 0.25) is 0 Å². The summed E-state index contributed by atoms with van der Waals surface area (Å²) in [6.45, 7) is 7.73. The summed E-state index contributed by atoms with van der Waals surface area (Å²) in [5.41, 5.74) is 5.82. The molecule has 0 aromatic carbocycles. The molecule has 0 aromatic rings. The van der Waals surface area contributed by atoms with Gasteiger partial charge in [-0.25, -0.2) is 0 Å². The highest BCUT2D eigenvalue weighted by Gasteiger charge is 2.42. The minimum Gasteiger partial charge on any atom is -0.375 e. The minimum atomic E-state index is -3.45. The van der Waals surface area contributed by atoms with Gasteiger partial charge in [-0.1, -0.05) is 6.92 Å². The fourth-order valence-corrected chi connectivity index (χ4v) is 5.36. The van der Waals surface area contributed by atoms with Crippen LogP contribution in [-0.2, 0) is 14.9 Å². The Bertz CT molecular complexity index is 429. The summed E-state index contributed by atoms with van der Waals surface area (Å²) in [5.74, 6) is 0.317. The summed E-state index contributed by atoms with van der Waals surface area (Å²) < 4.78 is 34.6. The van der Waals surface area contributed by atoms with Crippen molar-refractivity contribution in [2.75, 3.05) is 26.2 Å². The van der Waals surface area contributed by atoms with Crippen LogP contribution in [0.1, 0.15) is 33.6 Å². The van der Waals surface area contributed by atoms with Gasteiger partial charge in [-0.2, -0.15) is 17.0 Å². The lowest BCUT2D eigenvalue weighted by atomic mass is 9.93. The van der Waals surface area contributed by atoms with Gasteiger partial charge in [0.1, 0.15) is 0 Å². The smallest absolute Gasteiger partial charge is 0.282 e. The van der Waals surface area contributed by atoms with Crippen molar-refractivity contribution < 1.29 is 13.2 Å². The first-order chi connectivity index (χ1) is 9.37. The van der Waals surface area contributed by atoms with E-state index in [9.17, 15) is 8.42 Å². The molecule has 0 amide bonds. The van der Waals surface area contributed by atoms with E-state index >= 15 is 0 Å². The maximum Gasteiger partial charge on any atom is 0.282 e. The number of ether oxygens (including phenoxy) is 1. The molecule has 4 unspecified atom stereocenters. The Kier molecular flexibility index (Phi) is 5.07. The molecular formula is C13H27N3O3S. The maximum absolute atomic E-state index is 13.0. The number of rotatable bonds is 3. The molecule has 6 nitrogen and oxygen atoms in total. The van der Waals surface area contributed by atoms with E-state index in [1.807, 2.05) is 13.8 Å². The lowest BCUT2D eigenvalue weighted by molar-refractivity contribution is -0.0203. The van der Waals surface area contributed by atoms with Crippen molar-refractivity contribution in [1.82, 2.24) is 8.61 Å². The SMILES string of the molecule is CC1CN(S(=O)(=O)N2CCCC(C)C2CN)C(C)CO1. The number of hydrogen-bond acceptors (Lipinski definition) is 4. The quantitative estimate of drug-likeness (QED) is 0.819. The van der Waals surface area contributed by atoms with E-state index in [1.165, 1.54) is 0 Å². The van der Waals surface area contributed by atoms with Crippen LogP contribution in [0, 0.1) is 5.92 Å². The molecule has 0 saturated carbocycles. The summed E-state index contributed by atoms with van der Waals surface area (Å²) in [4.78, 5) is 0. The Morgan fingerprint density at radius 3 is 2.60 bits per heavy atom. The third-order valence-electron chi connectivity index (χ3n) is 4.45. The number of morpholine rings is 1. The third kappa shape index (κ3) is 3.01. The van der Waals surface area contributed by atoms with Gasteiger partial charge in [0.2, 0.25) is 0 Å². The molecule has 118 valence electrons. The average molecular weight is 305 g/mol. The van der Waals surface area contributed by atoms with Gasteiger partial charge in [-0.3, -0.25) is 0 Å². The fraction of sp³-hybridized carbons (Fsp3) is 1.00. The first-order valence-corrected chi connectivity index (χ1v) is 8.88. The fourth-order valence-electron chi connectivity index (χ4n) is 3.18. The molecule has 2 saturated heterocycles. The lowest BCUT2D eigenvalue weighted by Crippen LogP contribution is -2.60. The molecule has 0 bridgehead atoms. The molecule has 2 aliphatic heterocycles. The Morgan fingerprint density at radius 1 is 1.25 bits per heavy atom. The summed E-state index contributed by atoms with van der Waals surface area (Å²) in [6.07, 6.45) is 1.90. The molecule has 7 heteroatoms. The van der Waals surface area contributed by atoms with Crippen molar-refractivity contribution in [3.8, 4) is 0 Å². The minimum absolute atomic E-state index is 0.0560. The van der Waals surface area contributed by atoms with Gasteiger partial charge in [0.25, 0.3) is 10.2 Å².